The molecule has 98 valence electrons. The van der Waals surface area contributed by atoms with Crippen LogP contribution in [0.3, 0.4) is 0 Å². The van der Waals surface area contributed by atoms with Crippen LogP contribution in [0.1, 0.15) is 36.6 Å². The topological polar surface area (TPSA) is 66.4 Å². The molecule has 0 heterocycles. The highest BCUT2D eigenvalue weighted by Crippen LogP contribution is 2.18. The van der Waals surface area contributed by atoms with Crippen molar-refractivity contribution in [2.75, 3.05) is 0 Å². The highest BCUT2D eigenvalue weighted by molar-refractivity contribution is 5.85. The van der Waals surface area contributed by atoms with Gasteiger partial charge in [-0.15, -0.1) is 0 Å². The summed E-state index contributed by atoms with van der Waals surface area (Å²) in [6, 6.07) is 4.55. The minimum atomic E-state index is -1.05. The molecule has 2 N–H and O–H groups in total. The maximum absolute atomic E-state index is 11.6. The minimum Gasteiger partial charge on any atom is -0.479 e. The van der Waals surface area contributed by atoms with Crippen LogP contribution in [0.25, 0.3) is 0 Å². The molecule has 1 rings (SSSR count). The Labute approximate surface area is 107 Å². The van der Waals surface area contributed by atoms with E-state index in [1.54, 1.807) is 26.0 Å². The zero-order valence-corrected chi connectivity index (χ0v) is 11.2. The Morgan fingerprint density at radius 2 is 1.61 bits per heavy atom. The first kappa shape index (κ1) is 14.2. The normalized spacial score (nSPS) is 12.3. The average molecular weight is 249 g/mol. The van der Waals surface area contributed by atoms with Crippen LogP contribution in [0.15, 0.2) is 18.2 Å². The molecule has 0 aliphatic carbocycles. The van der Waals surface area contributed by atoms with E-state index in [1.807, 2.05) is 19.9 Å². The second-order valence-corrected chi connectivity index (χ2v) is 4.86. The van der Waals surface area contributed by atoms with Crippen molar-refractivity contribution < 1.29 is 14.7 Å². The smallest absolute Gasteiger partial charge is 0.330 e. The Kier molecular flexibility index (Phi) is 4.48. The predicted molar refractivity (Wildman–Crippen MR) is 69.3 cm³/mol. The molecule has 1 aromatic carbocycles. The van der Waals surface area contributed by atoms with Crippen molar-refractivity contribution in [2.24, 2.45) is 5.92 Å². The van der Waals surface area contributed by atoms with Gasteiger partial charge in [-0.05, 0) is 19.4 Å². The lowest BCUT2D eigenvalue weighted by Crippen LogP contribution is -2.36. The van der Waals surface area contributed by atoms with Gasteiger partial charge in [0.1, 0.15) is 0 Å². The lowest BCUT2D eigenvalue weighted by molar-refractivity contribution is -0.142. The number of aliphatic carboxylic acids is 1. The summed E-state index contributed by atoms with van der Waals surface area (Å²) >= 11 is 0. The molecule has 1 amide bonds. The van der Waals surface area contributed by atoms with Gasteiger partial charge in [-0.3, -0.25) is 4.79 Å². The Bertz CT molecular complexity index is 446. The number of nitrogens with one attached hydrogen (secondary N) is 1. The van der Waals surface area contributed by atoms with E-state index in [0.717, 1.165) is 11.1 Å². The first-order valence-electron chi connectivity index (χ1n) is 5.92. The zero-order valence-electron chi connectivity index (χ0n) is 11.2. The molecule has 1 atom stereocenters. The Morgan fingerprint density at radius 3 is 2.00 bits per heavy atom. The third kappa shape index (κ3) is 3.58. The highest BCUT2D eigenvalue weighted by Gasteiger charge is 2.23. The van der Waals surface area contributed by atoms with Crippen LogP contribution in [0, 0.1) is 19.8 Å². The van der Waals surface area contributed by atoms with Gasteiger partial charge in [0, 0.05) is 5.92 Å². The minimum absolute atomic E-state index is 0.238. The fourth-order valence-electron chi connectivity index (χ4n) is 1.77. The molecule has 0 saturated heterocycles. The van der Waals surface area contributed by atoms with Gasteiger partial charge in [0.05, 0.1) is 0 Å². The summed E-state index contributed by atoms with van der Waals surface area (Å²) in [6.45, 7) is 7.27. The van der Waals surface area contributed by atoms with Crippen molar-refractivity contribution in [3.63, 3.8) is 0 Å². The number of carbonyl (C=O) groups excluding carboxylic acids is 1. The molecular formula is C14H19NO3. The third-order valence-corrected chi connectivity index (χ3v) is 2.64. The van der Waals surface area contributed by atoms with Crippen molar-refractivity contribution in [2.45, 2.75) is 33.7 Å². The summed E-state index contributed by atoms with van der Waals surface area (Å²) in [7, 11) is 0. The van der Waals surface area contributed by atoms with Crippen molar-refractivity contribution >= 4 is 11.9 Å². The number of carbonyl (C=O) groups is 2. The van der Waals surface area contributed by atoms with Crippen LogP contribution < -0.4 is 5.32 Å². The molecule has 0 aliphatic heterocycles. The molecule has 18 heavy (non-hydrogen) atoms. The molecule has 0 unspecified atom stereocenters. The van der Waals surface area contributed by atoms with Gasteiger partial charge in [-0.1, -0.05) is 43.2 Å². The number of carboxylic acids is 1. The van der Waals surface area contributed by atoms with Crippen LogP contribution in [0.2, 0.25) is 0 Å². The van der Waals surface area contributed by atoms with Gasteiger partial charge in [-0.2, -0.15) is 0 Å². The molecule has 0 saturated carbocycles. The van der Waals surface area contributed by atoms with E-state index in [2.05, 4.69) is 5.32 Å². The lowest BCUT2D eigenvalue weighted by Gasteiger charge is -2.17. The quantitative estimate of drug-likeness (QED) is 0.859. The lowest BCUT2D eigenvalue weighted by atomic mass is 10.0. The number of rotatable bonds is 4. The van der Waals surface area contributed by atoms with Crippen molar-refractivity contribution in [3.8, 4) is 0 Å². The Balaban J connectivity index is 3.05. The predicted octanol–water partition coefficient (Wildman–Crippen LogP) is 2.20. The second-order valence-electron chi connectivity index (χ2n) is 4.86. The summed E-state index contributed by atoms with van der Waals surface area (Å²) in [4.78, 5) is 22.9. The summed E-state index contributed by atoms with van der Waals surface area (Å²) < 4.78 is 0. The zero-order chi connectivity index (χ0) is 13.9. The van der Waals surface area contributed by atoms with Gasteiger partial charge in [0.2, 0.25) is 5.91 Å². The van der Waals surface area contributed by atoms with E-state index in [1.165, 1.54) is 0 Å². The summed E-state index contributed by atoms with van der Waals surface area (Å²) in [5, 5.41) is 11.8. The molecule has 0 bridgehead atoms. The van der Waals surface area contributed by atoms with Gasteiger partial charge >= 0.3 is 5.97 Å². The molecule has 4 heteroatoms. The maximum Gasteiger partial charge on any atom is 0.330 e. The van der Waals surface area contributed by atoms with Crippen LogP contribution >= 0.6 is 0 Å². The van der Waals surface area contributed by atoms with Gasteiger partial charge in [0.25, 0.3) is 0 Å². The first-order valence-corrected chi connectivity index (χ1v) is 5.92. The molecule has 0 radical (unpaired) electrons. The Morgan fingerprint density at radius 1 is 1.11 bits per heavy atom. The number of hydrogen-bond acceptors (Lipinski definition) is 2. The SMILES string of the molecule is Cc1cc(C)cc([C@@H](NC(=O)C(C)C)C(=O)O)c1. The van der Waals surface area contributed by atoms with Gasteiger partial charge < -0.3 is 10.4 Å². The number of amides is 1. The van der Waals surface area contributed by atoms with Crippen LogP contribution in [-0.4, -0.2) is 17.0 Å². The Hall–Kier alpha value is -1.84. The van der Waals surface area contributed by atoms with E-state index in [-0.39, 0.29) is 11.8 Å². The second kappa shape index (κ2) is 5.67. The largest absolute Gasteiger partial charge is 0.479 e. The first-order chi connectivity index (χ1) is 8.31. The summed E-state index contributed by atoms with van der Waals surface area (Å²) in [6.07, 6.45) is 0. The molecule has 4 nitrogen and oxygen atoms in total. The molecular weight excluding hydrogens is 230 g/mol. The number of benzene rings is 1. The molecule has 0 aromatic heterocycles. The number of carboxylic acid groups (broad SMARTS) is 1. The van der Waals surface area contributed by atoms with Crippen molar-refractivity contribution in [1.29, 1.82) is 0 Å². The van der Waals surface area contributed by atoms with Crippen molar-refractivity contribution in [3.05, 3.63) is 34.9 Å². The van der Waals surface area contributed by atoms with E-state index in [0.29, 0.717) is 5.56 Å². The fraction of sp³-hybridized carbons (Fsp3) is 0.429. The van der Waals surface area contributed by atoms with Crippen molar-refractivity contribution in [1.82, 2.24) is 5.32 Å². The van der Waals surface area contributed by atoms with Crippen LogP contribution in [-0.2, 0) is 9.59 Å². The number of hydrogen-bond donors (Lipinski definition) is 2. The van der Waals surface area contributed by atoms with Gasteiger partial charge in [0.15, 0.2) is 6.04 Å². The molecule has 0 aliphatic rings. The molecule has 1 aromatic rings. The standard InChI is InChI=1S/C14H19NO3/c1-8(2)13(16)15-12(14(17)18)11-6-9(3)5-10(4)7-11/h5-8,12H,1-4H3,(H,15,16)(H,17,18)/t12-/m1/s1. The fourth-order valence-corrected chi connectivity index (χ4v) is 1.77. The molecule has 0 spiro atoms. The monoisotopic (exact) mass is 249 g/mol. The average Bonchev–Trinajstić information content (AvgIpc) is 2.23. The number of aryl methyl sites for hydroxylation is 2. The highest BCUT2D eigenvalue weighted by atomic mass is 16.4. The third-order valence-electron chi connectivity index (χ3n) is 2.64. The van der Waals surface area contributed by atoms with E-state index >= 15 is 0 Å². The summed E-state index contributed by atoms with van der Waals surface area (Å²) in [5.41, 5.74) is 2.57. The van der Waals surface area contributed by atoms with Gasteiger partial charge in [-0.25, -0.2) is 4.79 Å². The van der Waals surface area contributed by atoms with Crippen LogP contribution in [0.4, 0.5) is 0 Å². The van der Waals surface area contributed by atoms with Crippen LogP contribution in [0.5, 0.6) is 0 Å². The van der Waals surface area contributed by atoms with E-state index in [9.17, 15) is 14.7 Å². The van der Waals surface area contributed by atoms with E-state index < -0.39 is 12.0 Å². The maximum atomic E-state index is 11.6. The van der Waals surface area contributed by atoms with E-state index in [4.69, 9.17) is 0 Å². The summed E-state index contributed by atoms with van der Waals surface area (Å²) in [5.74, 6) is -1.55. The molecule has 0 fully saturated rings.